The van der Waals surface area contributed by atoms with Gasteiger partial charge in [-0.05, 0) is 20.3 Å². The van der Waals surface area contributed by atoms with Gasteiger partial charge in [-0.25, -0.2) is 9.97 Å². The second kappa shape index (κ2) is 5.72. The highest BCUT2D eigenvalue weighted by Gasteiger charge is 2.12. The Labute approximate surface area is 109 Å². The van der Waals surface area contributed by atoms with Crippen LogP contribution in [0.3, 0.4) is 0 Å². The first-order valence-electron chi connectivity index (χ1n) is 5.73. The Bertz CT molecular complexity index is 520. The van der Waals surface area contributed by atoms with Crippen LogP contribution in [0.25, 0.3) is 0 Å². The summed E-state index contributed by atoms with van der Waals surface area (Å²) >= 11 is 1.43. The number of H-pyrrole nitrogens is 1. The molecule has 0 spiro atoms. The summed E-state index contributed by atoms with van der Waals surface area (Å²) in [4.78, 5) is 20.8. The van der Waals surface area contributed by atoms with E-state index in [2.05, 4.69) is 25.5 Å². The molecule has 96 valence electrons. The maximum atomic E-state index is 11.9. The largest absolute Gasteiger partial charge is 0.351 e. The van der Waals surface area contributed by atoms with E-state index >= 15 is 0 Å². The molecule has 2 N–H and O–H groups in total. The number of nitrogens with one attached hydrogen (secondary N) is 2. The van der Waals surface area contributed by atoms with Gasteiger partial charge < -0.3 is 5.32 Å². The van der Waals surface area contributed by atoms with Gasteiger partial charge in [0.15, 0.2) is 0 Å². The zero-order chi connectivity index (χ0) is 13.0. The van der Waals surface area contributed by atoms with Gasteiger partial charge in [-0.2, -0.15) is 5.10 Å². The number of aryl methyl sites for hydroxylation is 3. The number of carbonyl (C=O) groups excluding carboxylic acids is 1. The number of amides is 1. The van der Waals surface area contributed by atoms with Crippen LogP contribution in [0.5, 0.6) is 0 Å². The number of hydrogen-bond acceptors (Lipinski definition) is 5. The van der Waals surface area contributed by atoms with E-state index in [1.54, 1.807) is 0 Å². The summed E-state index contributed by atoms with van der Waals surface area (Å²) in [5, 5.41) is 10.4. The lowest BCUT2D eigenvalue weighted by Crippen LogP contribution is -2.24. The standard InChI is InChI=1S/C11H15N5OS/c1-7-10(18-8(2)15-7)11(17)12-5-3-4-9-13-6-14-16-9/h6H,3-5H2,1-2H3,(H,12,17)(H,13,14,16). The van der Waals surface area contributed by atoms with Gasteiger partial charge in [0.2, 0.25) is 0 Å². The van der Waals surface area contributed by atoms with Crippen LogP contribution in [0, 0.1) is 13.8 Å². The lowest BCUT2D eigenvalue weighted by atomic mass is 10.3. The molecule has 0 aliphatic carbocycles. The molecule has 0 aliphatic heterocycles. The highest BCUT2D eigenvalue weighted by molar-refractivity contribution is 7.13. The lowest BCUT2D eigenvalue weighted by Gasteiger charge is -2.02. The van der Waals surface area contributed by atoms with Crippen molar-refractivity contribution in [3.63, 3.8) is 0 Å². The highest BCUT2D eigenvalue weighted by Crippen LogP contribution is 2.16. The maximum Gasteiger partial charge on any atom is 0.263 e. The normalized spacial score (nSPS) is 10.6. The summed E-state index contributed by atoms with van der Waals surface area (Å²) in [6.07, 6.45) is 3.09. The van der Waals surface area contributed by atoms with Gasteiger partial charge in [0, 0.05) is 13.0 Å². The molecule has 2 heterocycles. The van der Waals surface area contributed by atoms with Crippen LogP contribution in [0.4, 0.5) is 0 Å². The average molecular weight is 265 g/mol. The van der Waals surface area contributed by atoms with Crippen LogP contribution in [0.2, 0.25) is 0 Å². The van der Waals surface area contributed by atoms with Gasteiger partial charge in [-0.1, -0.05) is 0 Å². The van der Waals surface area contributed by atoms with Crippen LogP contribution in [0.1, 0.15) is 32.6 Å². The summed E-state index contributed by atoms with van der Waals surface area (Å²) in [5.41, 5.74) is 0.797. The van der Waals surface area contributed by atoms with Gasteiger partial charge in [0.05, 0.1) is 10.7 Å². The molecular weight excluding hydrogens is 250 g/mol. The van der Waals surface area contributed by atoms with E-state index in [9.17, 15) is 4.79 Å². The fraction of sp³-hybridized carbons (Fsp3) is 0.455. The molecule has 2 rings (SSSR count). The molecule has 0 radical (unpaired) electrons. The smallest absolute Gasteiger partial charge is 0.263 e. The fourth-order valence-corrected chi connectivity index (χ4v) is 2.47. The molecule has 0 saturated carbocycles. The van der Waals surface area contributed by atoms with Crippen molar-refractivity contribution in [2.45, 2.75) is 26.7 Å². The minimum absolute atomic E-state index is 0.0457. The van der Waals surface area contributed by atoms with Crippen LogP contribution >= 0.6 is 11.3 Å². The third kappa shape index (κ3) is 3.13. The minimum atomic E-state index is -0.0457. The minimum Gasteiger partial charge on any atom is -0.351 e. The average Bonchev–Trinajstić information content (AvgIpc) is 2.94. The molecule has 0 aliphatic rings. The Balaban J connectivity index is 1.77. The summed E-state index contributed by atoms with van der Waals surface area (Å²) in [7, 11) is 0. The number of thiazole rings is 1. The number of carbonyl (C=O) groups is 1. The second-order valence-corrected chi connectivity index (χ2v) is 5.14. The van der Waals surface area contributed by atoms with E-state index in [1.165, 1.54) is 17.7 Å². The van der Waals surface area contributed by atoms with Gasteiger partial charge in [-0.3, -0.25) is 9.89 Å². The first kappa shape index (κ1) is 12.7. The molecule has 2 aromatic heterocycles. The van der Waals surface area contributed by atoms with E-state index < -0.39 is 0 Å². The SMILES string of the molecule is Cc1nc(C)c(C(=O)NCCCc2ncn[nH]2)s1. The second-order valence-electron chi connectivity index (χ2n) is 3.94. The summed E-state index contributed by atoms with van der Waals surface area (Å²) in [6.45, 7) is 4.38. The van der Waals surface area contributed by atoms with Gasteiger partial charge in [0.1, 0.15) is 17.0 Å². The Morgan fingerprint density at radius 1 is 1.50 bits per heavy atom. The topological polar surface area (TPSA) is 83.6 Å². The zero-order valence-electron chi connectivity index (χ0n) is 10.4. The third-order valence-corrected chi connectivity index (χ3v) is 3.52. The molecule has 0 unspecified atom stereocenters. The Morgan fingerprint density at radius 2 is 2.33 bits per heavy atom. The Hall–Kier alpha value is -1.76. The predicted molar refractivity (Wildman–Crippen MR) is 68.6 cm³/mol. The first-order chi connectivity index (χ1) is 8.66. The van der Waals surface area contributed by atoms with Crippen molar-refractivity contribution in [3.8, 4) is 0 Å². The van der Waals surface area contributed by atoms with Crippen LogP contribution in [0.15, 0.2) is 6.33 Å². The molecular formula is C11H15N5OS. The predicted octanol–water partition coefficient (Wildman–Crippen LogP) is 1.24. The van der Waals surface area contributed by atoms with Gasteiger partial charge in [0.25, 0.3) is 5.91 Å². The third-order valence-electron chi connectivity index (χ3n) is 2.45. The number of hydrogen-bond donors (Lipinski definition) is 2. The van der Waals surface area contributed by atoms with Gasteiger partial charge in [-0.15, -0.1) is 11.3 Å². The first-order valence-corrected chi connectivity index (χ1v) is 6.55. The van der Waals surface area contributed by atoms with Crippen molar-refractivity contribution in [1.29, 1.82) is 0 Å². The van der Waals surface area contributed by atoms with Crippen molar-refractivity contribution in [1.82, 2.24) is 25.5 Å². The van der Waals surface area contributed by atoms with Crippen molar-refractivity contribution >= 4 is 17.2 Å². The zero-order valence-corrected chi connectivity index (χ0v) is 11.2. The van der Waals surface area contributed by atoms with Crippen molar-refractivity contribution < 1.29 is 4.79 Å². The number of rotatable bonds is 5. The van der Waals surface area contributed by atoms with Gasteiger partial charge >= 0.3 is 0 Å². The summed E-state index contributed by atoms with van der Waals surface area (Å²) in [6, 6.07) is 0. The van der Waals surface area contributed by atoms with Crippen molar-refractivity contribution in [2.75, 3.05) is 6.54 Å². The van der Waals surface area contributed by atoms with E-state index in [1.807, 2.05) is 13.8 Å². The summed E-state index contributed by atoms with van der Waals surface area (Å²) < 4.78 is 0. The monoisotopic (exact) mass is 265 g/mol. The van der Waals surface area contributed by atoms with Crippen LogP contribution < -0.4 is 5.32 Å². The van der Waals surface area contributed by atoms with E-state index in [0.29, 0.717) is 11.4 Å². The molecule has 0 bridgehead atoms. The molecule has 0 aromatic carbocycles. The lowest BCUT2D eigenvalue weighted by molar-refractivity contribution is 0.0956. The highest BCUT2D eigenvalue weighted by atomic mass is 32.1. The van der Waals surface area contributed by atoms with Crippen molar-refractivity contribution in [2.24, 2.45) is 0 Å². The molecule has 0 fully saturated rings. The van der Waals surface area contributed by atoms with Crippen LogP contribution in [-0.2, 0) is 6.42 Å². The molecule has 1 amide bonds. The molecule has 2 aromatic rings. The van der Waals surface area contributed by atoms with Crippen LogP contribution in [-0.4, -0.2) is 32.6 Å². The molecule has 0 atom stereocenters. The summed E-state index contributed by atoms with van der Waals surface area (Å²) in [5.74, 6) is 0.796. The molecule has 18 heavy (non-hydrogen) atoms. The quantitative estimate of drug-likeness (QED) is 0.797. The molecule has 0 saturated heterocycles. The fourth-order valence-electron chi connectivity index (χ4n) is 1.63. The number of aromatic nitrogens is 4. The van der Waals surface area contributed by atoms with E-state index in [-0.39, 0.29) is 5.91 Å². The Morgan fingerprint density at radius 3 is 2.94 bits per heavy atom. The molecule has 7 heteroatoms. The van der Waals surface area contributed by atoms with Crippen molar-refractivity contribution in [3.05, 3.63) is 27.7 Å². The number of nitrogens with zero attached hydrogens (tertiary/aromatic N) is 3. The Kier molecular flexibility index (Phi) is 4.03. The molecule has 6 nitrogen and oxygen atoms in total. The number of aromatic amines is 1. The van der Waals surface area contributed by atoms with E-state index in [0.717, 1.165) is 29.4 Å². The van der Waals surface area contributed by atoms with E-state index in [4.69, 9.17) is 0 Å². The maximum absolute atomic E-state index is 11.9.